The van der Waals surface area contributed by atoms with Crippen LogP contribution in [0.25, 0.3) is 0 Å². The third kappa shape index (κ3) is 6.14. The lowest BCUT2D eigenvalue weighted by molar-refractivity contribution is -0.123. The largest absolute Gasteiger partial charge is 0.482 e. The average Bonchev–Trinajstić information content (AvgIpc) is 3.06. The molecule has 1 aliphatic rings. The molecule has 6 nitrogen and oxygen atoms in total. The van der Waals surface area contributed by atoms with Gasteiger partial charge in [-0.25, -0.2) is 13.1 Å². The summed E-state index contributed by atoms with van der Waals surface area (Å²) in [7, 11) is -3.61. The number of amides is 1. The quantitative estimate of drug-likeness (QED) is 0.664. The van der Waals surface area contributed by atoms with Crippen molar-refractivity contribution in [2.24, 2.45) is 0 Å². The van der Waals surface area contributed by atoms with E-state index >= 15 is 0 Å². The number of hydrogen-bond donors (Lipinski definition) is 2. The summed E-state index contributed by atoms with van der Waals surface area (Å²) in [6.07, 6.45) is 5.69. The summed E-state index contributed by atoms with van der Waals surface area (Å²) in [5.41, 5.74) is 0. The first-order valence-corrected chi connectivity index (χ1v) is 10.9. The second kappa shape index (κ2) is 9.58. The van der Waals surface area contributed by atoms with E-state index in [4.69, 9.17) is 16.3 Å². The Balaban J connectivity index is 1.95. The third-order valence-electron chi connectivity index (χ3n) is 4.38. The van der Waals surface area contributed by atoms with Crippen molar-refractivity contribution >= 4 is 27.5 Å². The van der Waals surface area contributed by atoms with Crippen molar-refractivity contribution in [3.05, 3.63) is 23.2 Å². The standard InChI is InChI=1S/C18H27ClN2O4S/c1-3-6-13(2)20-18(22)12-25-17-10-9-15(11-16(17)19)26(23,24)21-14-7-4-5-8-14/h9-11,13-14,21H,3-8,12H2,1-2H3,(H,20,22)/t13-/m0/s1. The van der Waals surface area contributed by atoms with Gasteiger partial charge < -0.3 is 10.1 Å². The average molecular weight is 403 g/mol. The molecule has 8 heteroatoms. The molecule has 0 bridgehead atoms. The first-order valence-electron chi connectivity index (χ1n) is 9.06. The van der Waals surface area contributed by atoms with Crippen molar-refractivity contribution in [3.8, 4) is 5.75 Å². The van der Waals surface area contributed by atoms with Crippen LogP contribution in [0.3, 0.4) is 0 Å². The van der Waals surface area contributed by atoms with Crippen LogP contribution in [0.15, 0.2) is 23.1 Å². The van der Waals surface area contributed by atoms with E-state index in [2.05, 4.69) is 17.0 Å². The van der Waals surface area contributed by atoms with Crippen molar-refractivity contribution in [3.63, 3.8) is 0 Å². The lowest BCUT2D eigenvalue weighted by Crippen LogP contribution is -2.36. The number of benzene rings is 1. The maximum absolute atomic E-state index is 12.4. The van der Waals surface area contributed by atoms with E-state index in [9.17, 15) is 13.2 Å². The van der Waals surface area contributed by atoms with Crippen molar-refractivity contribution in [1.82, 2.24) is 10.0 Å². The lowest BCUT2D eigenvalue weighted by Gasteiger charge is -2.15. The van der Waals surface area contributed by atoms with E-state index < -0.39 is 10.0 Å². The fraction of sp³-hybridized carbons (Fsp3) is 0.611. The van der Waals surface area contributed by atoms with Crippen LogP contribution in [0.5, 0.6) is 5.75 Å². The molecule has 1 fully saturated rings. The molecule has 26 heavy (non-hydrogen) atoms. The van der Waals surface area contributed by atoms with Crippen LogP contribution < -0.4 is 14.8 Å². The Bertz CT molecular complexity index is 718. The van der Waals surface area contributed by atoms with Gasteiger partial charge in [0.2, 0.25) is 10.0 Å². The predicted octanol–water partition coefficient (Wildman–Crippen LogP) is 3.24. The van der Waals surface area contributed by atoms with Crippen molar-refractivity contribution in [2.75, 3.05) is 6.61 Å². The van der Waals surface area contributed by atoms with Gasteiger partial charge in [0.1, 0.15) is 5.75 Å². The maximum Gasteiger partial charge on any atom is 0.258 e. The second-order valence-corrected chi connectivity index (χ2v) is 8.86. The number of carbonyl (C=O) groups excluding carboxylic acids is 1. The minimum atomic E-state index is -3.61. The van der Waals surface area contributed by atoms with Crippen molar-refractivity contribution in [2.45, 2.75) is 69.4 Å². The van der Waals surface area contributed by atoms with Gasteiger partial charge in [-0.3, -0.25) is 4.79 Å². The van der Waals surface area contributed by atoms with Crippen molar-refractivity contribution < 1.29 is 17.9 Å². The summed E-state index contributed by atoms with van der Waals surface area (Å²) < 4.78 is 33.0. The van der Waals surface area contributed by atoms with Gasteiger partial charge in [0.05, 0.1) is 9.92 Å². The van der Waals surface area contributed by atoms with Gasteiger partial charge in [-0.05, 0) is 44.4 Å². The number of hydrogen-bond acceptors (Lipinski definition) is 4. The van der Waals surface area contributed by atoms with Gasteiger partial charge in [-0.2, -0.15) is 0 Å². The molecule has 1 atom stereocenters. The van der Waals surface area contributed by atoms with Gasteiger partial charge in [-0.1, -0.05) is 37.8 Å². The molecule has 0 unspecified atom stereocenters. The zero-order valence-electron chi connectivity index (χ0n) is 15.3. The second-order valence-electron chi connectivity index (χ2n) is 6.74. The first-order chi connectivity index (χ1) is 12.3. The van der Waals surface area contributed by atoms with Crippen LogP contribution in [0.2, 0.25) is 5.02 Å². The summed E-state index contributed by atoms with van der Waals surface area (Å²) >= 11 is 6.14. The van der Waals surface area contributed by atoms with Crippen LogP contribution in [0, 0.1) is 0 Å². The Labute approximate surface area is 160 Å². The predicted molar refractivity (Wildman–Crippen MR) is 102 cm³/mol. The molecule has 0 spiro atoms. The molecule has 2 N–H and O–H groups in total. The topological polar surface area (TPSA) is 84.5 Å². The molecule has 0 heterocycles. The summed E-state index contributed by atoms with van der Waals surface area (Å²) in [5, 5.41) is 2.99. The van der Waals surface area contributed by atoms with Crippen LogP contribution in [0.1, 0.15) is 52.4 Å². The van der Waals surface area contributed by atoms with Crippen LogP contribution in [-0.4, -0.2) is 33.0 Å². The summed E-state index contributed by atoms with van der Waals surface area (Å²) in [6, 6.07) is 4.35. The molecule has 0 saturated heterocycles. The molecule has 146 valence electrons. The van der Waals surface area contributed by atoms with E-state index in [1.54, 1.807) is 0 Å². The number of ether oxygens (including phenoxy) is 1. The van der Waals surface area contributed by atoms with Gasteiger partial charge in [0.15, 0.2) is 6.61 Å². The van der Waals surface area contributed by atoms with E-state index in [0.717, 1.165) is 38.5 Å². The van der Waals surface area contributed by atoms with Crippen molar-refractivity contribution in [1.29, 1.82) is 0 Å². The summed E-state index contributed by atoms with van der Waals surface area (Å²) in [4.78, 5) is 11.9. The molecule has 1 saturated carbocycles. The Morgan fingerprint density at radius 2 is 2.04 bits per heavy atom. The Kier molecular flexibility index (Phi) is 7.73. The molecule has 1 aromatic carbocycles. The highest BCUT2D eigenvalue weighted by Gasteiger charge is 2.23. The normalized spacial score (nSPS) is 16.4. The minimum Gasteiger partial charge on any atom is -0.482 e. The van der Waals surface area contributed by atoms with Gasteiger partial charge in [0, 0.05) is 12.1 Å². The number of halogens is 1. The molecule has 0 aliphatic heterocycles. The molecule has 1 amide bonds. The Morgan fingerprint density at radius 1 is 1.35 bits per heavy atom. The zero-order valence-corrected chi connectivity index (χ0v) is 16.8. The molecule has 0 aromatic heterocycles. The van der Waals surface area contributed by atoms with Crippen LogP contribution >= 0.6 is 11.6 Å². The molecular formula is C18H27ClN2O4S. The zero-order chi connectivity index (χ0) is 19.2. The SMILES string of the molecule is CCC[C@H](C)NC(=O)COc1ccc(S(=O)(=O)NC2CCCC2)cc1Cl. The number of rotatable bonds is 9. The fourth-order valence-electron chi connectivity index (χ4n) is 3.06. The lowest BCUT2D eigenvalue weighted by atomic mass is 10.2. The van der Waals surface area contributed by atoms with Gasteiger partial charge in [0.25, 0.3) is 5.91 Å². The smallest absolute Gasteiger partial charge is 0.258 e. The van der Waals surface area contributed by atoms with Crippen LogP contribution in [0.4, 0.5) is 0 Å². The third-order valence-corrected chi connectivity index (χ3v) is 6.19. The van der Waals surface area contributed by atoms with Gasteiger partial charge in [-0.15, -0.1) is 0 Å². The molecule has 2 rings (SSSR count). The highest BCUT2D eigenvalue weighted by atomic mass is 35.5. The monoisotopic (exact) mass is 402 g/mol. The number of nitrogens with one attached hydrogen (secondary N) is 2. The Morgan fingerprint density at radius 3 is 2.65 bits per heavy atom. The highest BCUT2D eigenvalue weighted by Crippen LogP contribution is 2.28. The minimum absolute atomic E-state index is 0.0106. The number of carbonyl (C=O) groups is 1. The van der Waals surface area contributed by atoms with E-state index in [0.29, 0.717) is 0 Å². The van der Waals surface area contributed by atoms with E-state index in [-0.39, 0.29) is 40.3 Å². The van der Waals surface area contributed by atoms with Gasteiger partial charge >= 0.3 is 0 Å². The molecule has 0 radical (unpaired) electrons. The first kappa shape index (κ1) is 21.0. The van der Waals surface area contributed by atoms with Crippen LogP contribution in [-0.2, 0) is 14.8 Å². The van der Waals surface area contributed by atoms with E-state index in [1.807, 2.05) is 6.92 Å². The maximum atomic E-state index is 12.4. The fourth-order valence-corrected chi connectivity index (χ4v) is 4.69. The molecular weight excluding hydrogens is 376 g/mol. The number of sulfonamides is 1. The van der Waals surface area contributed by atoms with E-state index in [1.165, 1.54) is 18.2 Å². The Hall–Kier alpha value is -1.31. The molecule has 1 aromatic rings. The summed E-state index contributed by atoms with van der Waals surface area (Å²) in [5.74, 6) is 0.0476. The highest BCUT2D eigenvalue weighted by molar-refractivity contribution is 7.89. The summed E-state index contributed by atoms with van der Waals surface area (Å²) in [6.45, 7) is 3.82. The molecule has 1 aliphatic carbocycles.